The van der Waals surface area contributed by atoms with Crippen LogP contribution in [0.25, 0.3) is 0 Å². The second kappa shape index (κ2) is 8.88. The monoisotopic (exact) mass is 339 g/mol. The number of carbonyl (C=O) groups is 1. The van der Waals surface area contributed by atoms with E-state index in [0.29, 0.717) is 18.1 Å². The maximum absolute atomic E-state index is 11.7. The zero-order valence-electron chi connectivity index (χ0n) is 13.1. The predicted molar refractivity (Wildman–Crippen MR) is 95.3 cm³/mol. The van der Waals surface area contributed by atoms with Crippen molar-refractivity contribution in [3.05, 3.63) is 46.0 Å². The van der Waals surface area contributed by atoms with Gasteiger partial charge in [-0.25, -0.2) is 4.98 Å². The van der Waals surface area contributed by atoms with Gasteiger partial charge in [0, 0.05) is 24.3 Å². The van der Waals surface area contributed by atoms with Gasteiger partial charge in [-0.2, -0.15) is 0 Å². The summed E-state index contributed by atoms with van der Waals surface area (Å²) in [4.78, 5) is 17.4. The Balaban J connectivity index is 0.00000242. The quantitative estimate of drug-likeness (QED) is 0.848. The van der Waals surface area contributed by atoms with E-state index in [1.807, 2.05) is 14.0 Å². The topological polar surface area (TPSA) is 54.0 Å². The summed E-state index contributed by atoms with van der Waals surface area (Å²) in [5.74, 6) is 0.000190. The van der Waals surface area contributed by atoms with E-state index in [1.54, 1.807) is 11.3 Å². The molecule has 0 unspecified atom stereocenters. The van der Waals surface area contributed by atoms with E-state index >= 15 is 0 Å². The lowest BCUT2D eigenvalue weighted by molar-refractivity contribution is -0.116. The van der Waals surface area contributed by atoms with Crippen LogP contribution in [0, 0.1) is 13.8 Å². The SMILES string of the molecule is CNCCC(=O)Nc1nc(C)c(Cc2cccc(C)c2)s1.Cl. The van der Waals surface area contributed by atoms with E-state index in [4.69, 9.17) is 0 Å². The maximum atomic E-state index is 11.7. The maximum Gasteiger partial charge on any atom is 0.227 e. The molecule has 1 aromatic heterocycles. The van der Waals surface area contributed by atoms with Gasteiger partial charge in [-0.1, -0.05) is 29.8 Å². The third kappa shape index (κ3) is 5.40. The van der Waals surface area contributed by atoms with Gasteiger partial charge in [0.2, 0.25) is 5.91 Å². The van der Waals surface area contributed by atoms with Crippen molar-refractivity contribution in [3.63, 3.8) is 0 Å². The van der Waals surface area contributed by atoms with Gasteiger partial charge in [0.15, 0.2) is 5.13 Å². The molecule has 0 radical (unpaired) electrons. The number of halogens is 1. The summed E-state index contributed by atoms with van der Waals surface area (Å²) >= 11 is 1.56. The third-order valence-corrected chi connectivity index (χ3v) is 4.26. The summed E-state index contributed by atoms with van der Waals surface area (Å²) in [7, 11) is 1.83. The van der Waals surface area contributed by atoms with E-state index in [1.165, 1.54) is 16.0 Å². The van der Waals surface area contributed by atoms with Gasteiger partial charge < -0.3 is 10.6 Å². The third-order valence-electron chi connectivity index (χ3n) is 3.19. The molecule has 2 aromatic rings. The van der Waals surface area contributed by atoms with Crippen LogP contribution in [-0.2, 0) is 11.2 Å². The van der Waals surface area contributed by atoms with Crippen molar-refractivity contribution < 1.29 is 4.79 Å². The molecule has 1 amide bonds. The molecule has 22 heavy (non-hydrogen) atoms. The Kier molecular flexibility index (Phi) is 7.51. The minimum absolute atomic E-state index is 0. The Hall–Kier alpha value is -1.43. The van der Waals surface area contributed by atoms with Crippen LogP contribution in [0.3, 0.4) is 0 Å². The highest BCUT2D eigenvalue weighted by atomic mass is 35.5. The second-order valence-electron chi connectivity index (χ2n) is 5.10. The number of nitrogens with zero attached hydrogens (tertiary/aromatic N) is 1. The fraction of sp³-hybridized carbons (Fsp3) is 0.375. The summed E-state index contributed by atoms with van der Waals surface area (Å²) < 4.78 is 0. The Bertz CT molecular complexity index is 628. The van der Waals surface area contributed by atoms with Crippen LogP contribution in [0.5, 0.6) is 0 Å². The average Bonchev–Trinajstić information content (AvgIpc) is 2.76. The van der Waals surface area contributed by atoms with Crippen molar-refractivity contribution in [2.45, 2.75) is 26.7 Å². The number of nitrogens with one attached hydrogen (secondary N) is 2. The highest BCUT2D eigenvalue weighted by molar-refractivity contribution is 7.15. The van der Waals surface area contributed by atoms with Gasteiger partial charge in [0.25, 0.3) is 0 Å². The summed E-state index contributed by atoms with van der Waals surface area (Å²) in [5, 5.41) is 6.52. The van der Waals surface area contributed by atoms with Crippen LogP contribution in [0.1, 0.15) is 28.1 Å². The molecule has 0 aliphatic rings. The Morgan fingerprint density at radius 1 is 1.32 bits per heavy atom. The normalized spacial score (nSPS) is 10.1. The minimum Gasteiger partial charge on any atom is -0.319 e. The number of anilines is 1. The van der Waals surface area contributed by atoms with Gasteiger partial charge in [-0.15, -0.1) is 23.7 Å². The van der Waals surface area contributed by atoms with Crippen LogP contribution in [0.2, 0.25) is 0 Å². The summed E-state index contributed by atoms with van der Waals surface area (Å²) in [6.07, 6.45) is 1.32. The molecule has 0 aliphatic heterocycles. The molecule has 0 atom stereocenters. The van der Waals surface area contributed by atoms with E-state index in [2.05, 4.69) is 46.8 Å². The first-order valence-electron chi connectivity index (χ1n) is 7.05. The number of hydrogen-bond acceptors (Lipinski definition) is 4. The van der Waals surface area contributed by atoms with Crippen molar-refractivity contribution in [1.29, 1.82) is 0 Å². The predicted octanol–water partition coefficient (Wildman–Crippen LogP) is 3.32. The molecular formula is C16H22ClN3OS. The number of aryl methyl sites for hydroxylation is 2. The lowest BCUT2D eigenvalue weighted by Gasteiger charge is -2.01. The van der Waals surface area contributed by atoms with Crippen molar-refractivity contribution >= 4 is 34.8 Å². The number of carbonyl (C=O) groups excluding carboxylic acids is 1. The smallest absolute Gasteiger partial charge is 0.227 e. The Labute approximate surface area is 141 Å². The van der Waals surface area contributed by atoms with Crippen molar-refractivity contribution in [2.24, 2.45) is 0 Å². The fourth-order valence-corrected chi connectivity index (χ4v) is 3.09. The zero-order valence-corrected chi connectivity index (χ0v) is 14.7. The highest BCUT2D eigenvalue weighted by Crippen LogP contribution is 2.25. The molecule has 1 aromatic carbocycles. The molecule has 0 bridgehead atoms. The molecule has 2 N–H and O–H groups in total. The molecule has 0 aliphatic carbocycles. The molecular weight excluding hydrogens is 318 g/mol. The van der Waals surface area contributed by atoms with Crippen molar-refractivity contribution in [3.8, 4) is 0 Å². The molecule has 0 saturated carbocycles. The zero-order chi connectivity index (χ0) is 15.2. The molecule has 0 saturated heterocycles. The standard InChI is InChI=1S/C16H21N3OS.ClH/c1-11-5-4-6-13(9-11)10-14-12(2)18-16(21-14)19-15(20)7-8-17-3;/h4-6,9,17H,7-8,10H2,1-3H3,(H,18,19,20);1H. The van der Waals surface area contributed by atoms with Crippen molar-refractivity contribution in [2.75, 3.05) is 18.9 Å². The van der Waals surface area contributed by atoms with E-state index in [0.717, 1.165) is 12.1 Å². The summed E-state index contributed by atoms with van der Waals surface area (Å²) in [6.45, 7) is 4.76. The first-order valence-corrected chi connectivity index (χ1v) is 7.86. The summed E-state index contributed by atoms with van der Waals surface area (Å²) in [5.41, 5.74) is 3.52. The molecule has 0 fully saturated rings. The lowest BCUT2D eigenvalue weighted by Crippen LogP contribution is -2.18. The lowest BCUT2D eigenvalue weighted by atomic mass is 10.1. The van der Waals surface area contributed by atoms with Crippen LogP contribution in [-0.4, -0.2) is 24.5 Å². The largest absolute Gasteiger partial charge is 0.319 e. The Morgan fingerprint density at radius 2 is 2.09 bits per heavy atom. The molecule has 4 nitrogen and oxygen atoms in total. The second-order valence-corrected chi connectivity index (χ2v) is 6.18. The Morgan fingerprint density at radius 3 is 2.77 bits per heavy atom. The molecule has 0 spiro atoms. The van der Waals surface area contributed by atoms with Gasteiger partial charge >= 0.3 is 0 Å². The average molecular weight is 340 g/mol. The van der Waals surface area contributed by atoms with Crippen LogP contribution in [0.15, 0.2) is 24.3 Å². The van der Waals surface area contributed by atoms with E-state index in [-0.39, 0.29) is 18.3 Å². The number of thiazole rings is 1. The van der Waals surface area contributed by atoms with Gasteiger partial charge in [0.1, 0.15) is 0 Å². The number of hydrogen-bond donors (Lipinski definition) is 2. The molecule has 2 rings (SSSR count). The van der Waals surface area contributed by atoms with Crippen LogP contribution in [0.4, 0.5) is 5.13 Å². The van der Waals surface area contributed by atoms with E-state index in [9.17, 15) is 4.79 Å². The molecule has 120 valence electrons. The van der Waals surface area contributed by atoms with Gasteiger partial charge in [-0.05, 0) is 26.5 Å². The summed E-state index contributed by atoms with van der Waals surface area (Å²) in [6, 6.07) is 8.47. The molecule has 6 heteroatoms. The van der Waals surface area contributed by atoms with Gasteiger partial charge in [0.05, 0.1) is 5.69 Å². The number of aromatic nitrogens is 1. The van der Waals surface area contributed by atoms with E-state index < -0.39 is 0 Å². The van der Waals surface area contributed by atoms with Gasteiger partial charge in [-0.3, -0.25) is 4.79 Å². The van der Waals surface area contributed by atoms with Crippen LogP contribution < -0.4 is 10.6 Å². The highest BCUT2D eigenvalue weighted by Gasteiger charge is 2.10. The fourth-order valence-electron chi connectivity index (χ4n) is 2.07. The number of rotatable bonds is 6. The first kappa shape index (κ1) is 18.6. The molecule has 1 heterocycles. The number of amides is 1. The number of benzene rings is 1. The first-order chi connectivity index (χ1) is 10.1. The van der Waals surface area contributed by atoms with Crippen LogP contribution >= 0.6 is 23.7 Å². The minimum atomic E-state index is 0. The van der Waals surface area contributed by atoms with Crippen molar-refractivity contribution in [1.82, 2.24) is 10.3 Å².